The quantitative estimate of drug-likeness (QED) is 0.790. The first kappa shape index (κ1) is 13.3. The average molecular weight is 291 g/mol. The molecule has 0 bridgehead atoms. The van der Waals surface area contributed by atoms with E-state index in [1.807, 2.05) is 6.07 Å². The van der Waals surface area contributed by atoms with Gasteiger partial charge in [0.25, 0.3) is 0 Å². The van der Waals surface area contributed by atoms with E-state index in [9.17, 15) is 4.79 Å². The van der Waals surface area contributed by atoms with E-state index < -0.39 is 0 Å². The second-order valence-electron chi connectivity index (χ2n) is 4.95. The third kappa shape index (κ3) is 2.48. The van der Waals surface area contributed by atoms with Crippen molar-refractivity contribution in [3.05, 3.63) is 23.2 Å². The number of likely N-dealkylation sites (N-methyl/N-ethyl adjacent to an activating group) is 1. The van der Waals surface area contributed by atoms with Crippen LogP contribution in [0.2, 0.25) is 0 Å². The van der Waals surface area contributed by atoms with Gasteiger partial charge in [-0.3, -0.25) is 0 Å². The SMILES string of the molecule is COC(=O)c1nc2ccc(N3CCN(C)CC3)cc2s1. The number of benzene rings is 1. The molecule has 5 nitrogen and oxygen atoms in total. The van der Waals surface area contributed by atoms with Crippen molar-refractivity contribution in [3.8, 4) is 0 Å². The number of hydrogen-bond acceptors (Lipinski definition) is 6. The number of fused-ring (bicyclic) bond motifs is 1. The molecule has 1 aliphatic heterocycles. The van der Waals surface area contributed by atoms with E-state index in [1.165, 1.54) is 24.1 Å². The Kier molecular flexibility index (Phi) is 3.58. The van der Waals surface area contributed by atoms with E-state index in [-0.39, 0.29) is 5.97 Å². The lowest BCUT2D eigenvalue weighted by molar-refractivity contribution is 0.0600. The van der Waals surface area contributed by atoms with E-state index in [1.54, 1.807) is 0 Å². The van der Waals surface area contributed by atoms with Gasteiger partial charge in [-0.1, -0.05) is 0 Å². The van der Waals surface area contributed by atoms with Crippen LogP contribution >= 0.6 is 11.3 Å². The molecule has 1 aromatic heterocycles. The van der Waals surface area contributed by atoms with Crippen LogP contribution in [0, 0.1) is 0 Å². The number of carbonyl (C=O) groups is 1. The fraction of sp³-hybridized carbons (Fsp3) is 0.429. The molecule has 106 valence electrons. The largest absolute Gasteiger partial charge is 0.464 e. The summed E-state index contributed by atoms with van der Waals surface area (Å²) in [7, 11) is 3.52. The summed E-state index contributed by atoms with van der Waals surface area (Å²) >= 11 is 1.39. The maximum absolute atomic E-state index is 11.5. The topological polar surface area (TPSA) is 45.7 Å². The van der Waals surface area contributed by atoms with Crippen LogP contribution in [0.4, 0.5) is 5.69 Å². The van der Waals surface area contributed by atoms with Gasteiger partial charge in [-0.15, -0.1) is 11.3 Å². The zero-order valence-electron chi connectivity index (χ0n) is 11.6. The van der Waals surface area contributed by atoms with Crippen molar-refractivity contribution in [3.63, 3.8) is 0 Å². The first-order chi connectivity index (χ1) is 9.67. The van der Waals surface area contributed by atoms with Crippen molar-refractivity contribution in [1.82, 2.24) is 9.88 Å². The van der Waals surface area contributed by atoms with Gasteiger partial charge in [-0.2, -0.15) is 0 Å². The average Bonchev–Trinajstić information content (AvgIpc) is 2.90. The predicted octanol–water partition coefficient (Wildman–Crippen LogP) is 1.83. The maximum Gasteiger partial charge on any atom is 0.367 e. The van der Waals surface area contributed by atoms with E-state index in [0.29, 0.717) is 5.01 Å². The van der Waals surface area contributed by atoms with Gasteiger partial charge >= 0.3 is 5.97 Å². The lowest BCUT2D eigenvalue weighted by Crippen LogP contribution is -2.44. The Morgan fingerprint density at radius 1 is 1.30 bits per heavy atom. The van der Waals surface area contributed by atoms with E-state index in [0.717, 1.165) is 36.4 Å². The minimum Gasteiger partial charge on any atom is -0.464 e. The molecular formula is C14H17N3O2S. The van der Waals surface area contributed by atoms with Crippen molar-refractivity contribution in [2.75, 3.05) is 45.2 Å². The predicted molar refractivity (Wildman–Crippen MR) is 80.7 cm³/mol. The summed E-state index contributed by atoms with van der Waals surface area (Å²) in [5.41, 5.74) is 2.05. The summed E-state index contributed by atoms with van der Waals surface area (Å²) in [6.07, 6.45) is 0. The highest BCUT2D eigenvalue weighted by atomic mass is 32.1. The number of carbonyl (C=O) groups excluding carboxylic acids is 1. The number of rotatable bonds is 2. The molecule has 0 spiro atoms. The molecule has 0 amide bonds. The molecule has 0 radical (unpaired) electrons. The number of methoxy groups -OCH3 is 1. The lowest BCUT2D eigenvalue weighted by Gasteiger charge is -2.34. The number of ether oxygens (including phenoxy) is 1. The fourth-order valence-corrected chi connectivity index (χ4v) is 3.27. The van der Waals surface area contributed by atoms with Crippen LogP contribution in [0.25, 0.3) is 10.2 Å². The van der Waals surface area contributed by atoms with Gasteiger partial charge < -0.3 is 14.5 Å². The molecule has 2 heterocycles. The Bertz CT molecular complexity index is 632. The number of hydrogen-bond donors (Lipinski definition) is 0. The standard InChI is InChI=1S/C14H17N3O2S/c1-16-5-7-17(8-6-16)10-3-4-11-12(9-10)20-13(15-11)14(18)19-2/h3-4,9H,5-8H2,1-2H3. The molecule has 3 rings (SSSR count). The number of anilines is 1. The van der Waals surface area contributed by atoms with Crippen molar-refractivity contribution in [2.24, 2.45) is 0 Å². The Morgan fingerprint density at radius 2 is 2.05 bits per heavy atom. The summed E-state index contributed by atoms with van der Waals surface area (Å²) in [5, 5.41) is 0.415. The van der Waals surface area contributed by atoms with Gasteiger partial charge in [0.1, 0.15) is 0 Å². The van der Waals surface area contributed by atoms with Crippen LogP contribution < -0.4 is 4.90 Å². The molecule has 0 aliphatic carbocycles. The van der Waals surface area contributed by atoms with Crippen LogP contribution in [-0.4, -0.2) is 56.2 Å². The van der Waals surface area contributed by atoms with Gasteiger partial charge in [0.2, 0.25) is 5.01 Å². The van der Waals surface area contributed by atoms with E-state index >= 15 is 0 Å². The molecule has 2 aromatic rings. The number of thiazole rings is 1. The first-order valence-electron chi connectivity index (χ1n) is 6.60. The second kappa shape index (κ2) is 5.38. The Labute approximate surface area is 121 Å². The second-order valence-corrected chi connectivity index (χ2v) is 5.98. The molecule has 0 saturated carbocycles. The number of piperazine rings is 1. The summed E-state index contributed by atoms with van der Waals surface area (Å²) < 4.78 is 5.75. The minimum atomic E-state index is -0.368. The smallest absolute Gasteiger partial charge is 0.367 e. The minimum absolute atomic E-state index is 0.368. The Morgan fingerprint density at radius 3 is 2.75 bits per heavy atom. The molecule has 1 aromatic carbocycles. The van der Waals surface area contributed by atoms with Gasteiger partial charge in [0, 0.05) is 31.9 Å². The van der Waals surface area contributed by atoms with Gasteiger partial charge in [-0.05, 0) is 25.2 Å². The van der Waals surface area contributed by atoms with E-state index in [4.69, 9.17) is 4.74 Å². The molecule has 0 N–H and O–H groups in total. The van der Waals surface area contributed by atoms with Crippen LogP contribution in [-0.2, 0) is 4.74 Å². The van der Waals surface area contributed by atoms with Crippen LogP contribution in [0.15, 0.2) is 18.2 Å². The normalized spacial score (nSPS) is 16.6. The summed E-state index contributed by atoms with van der Waals surface area (Å²) in [6.45, 7) is 4.22. The zero-order valence-corrected chi connectivity index (χ0v) is 12.4. The van der Waals surface area contributed by atoms with Gasteiger partial charge in [-0.25, -0.2) is 9.78 Å². The van der Waals surface area contributed by atoms with Crippen molar-refractivity contribution in [2.45, 2.75) is 0 Å². The maximum atomic E-state index is 11.5. The highest BCUT2D eigenvalue weighted by Crippen LogP contribution is 2.27. The number of nitrogens with zero attached hydrogens (tertiary/aromatic N) is 3. The Balaban J connectivity index is 1.88. The van der Waals surface area contributed by atoms with Gasteiger partial charge in [0.15, 0.2) is 0 Å². The van der Waals surface area contributed by atoms with Crippen molar-refractivity contribution in [1.29, 1.82) is 0 Å². The summed E-state index contributed by atoms with van der Waals surface area (Å²) in [6, 6.07) is 6.17. The third-order valence-electron chi connectivity index (χ3n) is 3.60. The molecule has 0 unspecified atom stereocenters. The molecule has 1 fully saturated rings. The van der Waals surface area contributed by atoms with E-state index in [2.05, 4.69) is 34.0 Å². The zero-order chi connectivity index (χ0) is 14.1. The molecular weight excluding hydrogens is 274 g/mol. The summed E-state index contributed by atoms with van der Waals surface area (Å²) in [4.78, 5) is 20.5. The highest BCUT2D eigenvalue weighted by molar-refractivity contribution is 7.20. The van der Waals surface area contributed by atoms with Crippen LogP contribution in [0.3, 0.4) is 0 Å². The Hall–Kier alpha value is -1.66. The van der Waals surface area contributed by atoms with Gasteiger partial charge in [0.05, 0.1) is 17.3 Å². The third-order valence-corrected chi connectivity index (χ3v) is 4.60. The fourth-order valence-electron chi connectivity index (χ4n) is 2.35. The van der Waals surface area contributed by atoms with Crippen molar-refractivity contribution < 1.29 is 9.53 Å². The number of aromatic nitrogens is 1. The molecule has 1 aliphatic rings. The molecule has 6 heteroatoms. The lowest BCUT2D eigenvalue weighted by atomic mass is 10.2. The molecule has 1 saturated heterocycles. The number of esters is 1. The van der Waals surface area contributed by atoms with Crippen LogP contribution in [0.5, 0.6) is 0 Å². The molecule has 20 heavy (non-hydrogen) atoms. The monoisotopic (exact) mass is 291 g/mol. The first-order valence-corrected chi connectivity index (χ1v) is 7.41. The molecule has 0 atom stereocenters. The highest BCUT2D eigenvalue weighted by Gasteiger charge is 2.16. The summed E-state index contributed by atoms with van der Waals surface area (Å²) in [5.74, 6) is -0.368. The van der Waals surface area contributed by atoms with Crippen LogP contribution in [0.1, 0.15) is 9.80 Å². The van der Waals surface area contributed by atoms with Crippen molar-refractivity contribution >= 4 is 33.2 Å².